The predicted molar refractivity (Wildman–Crippen MR) is 101 cm³/mol. The molecule has 0 saturated heterocycles. The molecular formula is C19H28N6. The molecule has 6 nitrogen and oxygen atoms in total. The largest absolute Gasteiger partial charge is 0.357 e. The zero-order valence-electron chi connectivity index (χ0n) is 15.4. The Morgan fingerprint density at radius 3 is 2.68 bits per heavy atom. The van der Waals surface area contributed by atoms with Crippen molar-refractivity contribution in [3.05, 3.63) is 41.3 Å². The number of aliphatic imine (C=N–C) groups is 1. The first-order valence-corrected chi connectivity index (χ1v) is 9.19. The molecule has 134 valence electrons. The number of pyridine rings is 1. The fourth-order valence-electron chi connectivity index (χ4n) is 3.25. The normalized spacial score (nSPS) is 15.6. The molecule has 0 atom stereocenters. The van der Waals surface area contributed by atoms with Crippen molar-refractivity contribution in [3.8, 4) is 5.82 Å². The van der Waals surface area contributed by atoms with Crippen molar-refractivity contribution in [3.63, 3.8) is 0 Å². The molecule has 3 rings (SSSR count). The molecule has 6 heteroatoms. The van der Waals surface area contributed by atoms with Gasteiger partial charge >= 0.3 is 0 Å². The zero-order valence-corrected chi connectivity index (χ0v) is 15.4. The molecule has 1 aliphatic rings. The minimum absolute atomic E-state index is 0.560. The van der Waals surface area contributed by atoms with Gasteiger partial charge in [0.05, 0.1) is 12.2 Å². The van der Waals surface area contributed by atoms with Crippen LogP contribution < -0.4 is 10.6 Å². The van der Waals surface area contributed by atoms with Gasteiger partial charge in [-0.1, -0.05) is 18.9 Å². The van der Waals surface area contributed by atoms with Crippen LogP contribution in [0.15, 0.2) is 29.4 Å². The maximum Gasteiger partial charge on any atom is 0.191 e. The number of rotatable bonds is 5. The second-order valence-corrected chi connectivity index (χ2v) is 6.68. The van der Waals surface area contributed by atoms with E-state index in [-0.39, 0.29) is 0 Å². The molecule has 0 amide bonds. The maximum absolute atomic E-state index is 4.70. The number of nitrogens with zero attached hydrogens (tertiary/aromatic N) is 4. The standard InChI is InChI=1S/C19H28N6/c1-4-20-19(23-17-7-5-6-8-17)22-13-16-9-10-18(21-12-16)25-15(3)11-14(2)24-25/h9-12,17H,4-8,13H2,1-3H3,(H2,20,22,23). The van der Waals surface area contributed by atoms with Gasteiger partial charge in [0.15, 0.2) is 11.8 Å². The molecule has 1 aliphatic carbocycles. The molecule has 2 heterocycles. The summed E-state index contributed by atoms with van der Waals surface area (Å²) >= 11 is 0. The molecule has 1 fully saturated rings. The fourth-order valence-corrected chi connectivity index (χ4v) is 3.25. The van der Waals surface area contributed by atoms with Crippen molar-refractivity contribution in [2.45, 2.75) is 59.0 Å². The lowest BCUT2D eigenvalue weighted by Gasteiger charge is -2.16. The van der Waals surface area contributed by atoms with Crippen LogP contribution in [0.5, 0.6) is 0 Å². The minimum atomic E-state index is 0.560. The molecule has 2 N–H and O–H groups in total. The average molecular weight is 340 g/mol. The smallest absolute Gasteiger partial charge is 0.191 e. The van der Waals surface area contributed by atoms with Crippen LogP contribution in [0, 0.1) is 13.8 Å². The van der Waals surface area contributed by atoms with E-state index in [1.165, 1.54) is 25.7 Å². The fraction of sp³-hybridized carbons (Fsp3) is 0.526. The molecular weight excluding hydrogens is 312 g/mol. The monoisotopic (exact) mass is 340 g/mol. The van der Waals surface area contributed by atoms with E-state index >= 15 is 0 Å². The van der Waals surface area contributed by atoms with Crippen LogP contribution >= 0.6 is 0 Å². The Morgan fingerprint density at radius 2 is 2.08 bits per heavy atom. The molecule has 25 heavy (non-hydrogen) atoms. The highest BCUT2D eigenvalue weighted by atomic mass is 15.3. The third-order valence-corrected chi connectivity index (χ3v) is 4.50. The van der Waals surface area contributed by atoms with E-state index in [0.29, 0.717) is 12.6 Å². The molecule has 0 unspecified atom stereocenters. The predicted octanol–water partition coefficient (Wildman–Crippen LogP) is 2.88. The van der Waals surface area contributed by atoms with Gasteiger partial charge in [0, 0.05) is 24.5 Å². The van der Waals surface area contributed by atoms with Gasteiger partial charge < -0.3 is 10.6 Å². The summed E-state index contributed by atoms with van der Waals surface area (Å²) in [6.45, 7) is 7.61. The van der Waals surface area contributed by atoms with E-state index in [1.54, 1.807) is 0 Å². The van der Waals surface area contributed by atoms with Crippen LogP contribution in [0.3, 0.4) is 0 Å². The van der Waals surface area contributed by atoms with Gasteiger partial charge in [0.1, 0.15) is 0 Å². The topological polar surface area (TPSA) is 67.1 Å². The highest BCUT2D eigenvalue weighted by Gasteiger charge is 2.15. The van der Waals surface area contributed by atoms with Crippen LogP contribution in [0.25, 0.3) is 5.82 Å². The first kappa shape index (κ1) is 17.5. The van der Waals surface area contributed by atoms with E-state index in [4.69, 9.17) is 4.99 Å². The lowest BCUT2D eigenvalue weighted by atomic mass is 10.2. The summed E-state index contributed by atoms with van der Waals surface area (Å²) in [5.41, 5.74) is 3.18. The second-order valence-electron chi connectivity index (χ2n) is 6.68. The molecule has 0 bridgehead atoms. The molecule has 0 aromatic carbocycles. The van der Waals surface area contributed by atoms with E-state index < -0.39 is 0 Å². The average Bonchev–Trinajstić information content (AvgIpc) is 3.22. The summed E-state index contributed by atoms with van der Waals surface area (Å²) < 4.78 is 1.87. The lowest BCUT2D eigenvalue weighted by molar-refractivity contribution is 0.614. The van der Waals surface area contributed by atoms with Crippen molar-refractivity contribution in [1.29, 1.82) is 0 Å². The number of hydrogen-bond acceptors (Lipinski definition) is 3. The first-order valence-electron chi connectivity index (χ1n) is 9.19. The Labute approximate surface area is 149 Å². The number of aromatic nitrogens is 3. The van der Waals surface area contributed by atoms with Gasteiger partial charge in [-0.05, 0) is 51.3 Å². The van der Waals surface area contributed by atoms with Gasteiger partial charge in [-0.3, -0.25) is 0 Å². The number of hydrogen-bond donors (Lipinski definition) is 2. The van der Waals surface area contributed by atoms with E-state index in [1.807, 2.05) is 30.8 Å². The van der Waals surface area contributed by atoms with Gasteiger partial charge in [0.25, 0.3) is 0 Å². The first-order chi connectivity index (χ1) is 12.2. The number of aryl methyl sites for hydroxylation is 2. The molecule has 2 aromatic heterocycles. The quantitative estimate of drug-likeness (QED) is 0.649. The van der Waals surface area contributed by atoms with E-state index in [0.717, 1.165) is 35.3 Å². The van der Waals surface area contributed by atoms with Gasteiger partial charge in [-0.25, -0.2) is 14.7 Å². The summed E-state index contributed by atoms with van der Waals surface area (Å²) in [4.78, 5) is 9.24. The van der Waals surface area contributed by atoms with E-state index in [2.05, 4.69) is 39.8 Å². The molecule has 1 saturated carbocycles. The van der Waals surface area contributed by atoms with E-state index in [9.17, 15) is 0 Å². The van der Waals surface area contributed by atoms with Crippen LogP contribution in [0.2, 0.25) is 0 Å². The SMILES string of the molecule is CCNC(=NCc1ccc(-n2nc(C)cc2C)nc1)NC1CCCC1. The second kappa shape index (κ2) is 8.14. The Kier molecular flexibility index (Phi) is 5.68. The van der Waals surface area contributed by atoms with Crippen LogP contribution in [0.1, 0.15) is 49.6 Å². The maximum atomic E-state index is 4.70. The molecule has 0 aliphatic heterocycles. The number of guanidine groups is 1. The van der Waals surface area contributed by atoms with Crippen molar-refractivity contribution in [1.82, 2.24) is 25.4 Å². The third-order valence-electron chi connectivity index (χ3n) is 4.50. The third kappa shape index (κ3) is 4.59. The highest BCUT2D eigenvalue weighted by Crippen LogP contribution is 2.17. The Morgan fingerprint density at radius 1 is 1.28 bits per heavy atom. The van der Waals surface area contributed by atoms with Crippen molar-refractivity contribution in [2.75, 3.05) is 6.54 Å². The summed E-state index contributed by atoms with van der Waals surface area (Å²) in [5, 5.41) is 11.3. The molecule has 2 aromatic rings. The van der Waals surface area contributed by atoms with Crippen molar-refractivity contribution >= 4 is 5.96 Å². The van der Waals surface area contributed by atoms with Crippen LogP contribution in [-0.4, -0.2) is 33.3 Å². The Balaban J connectivity index is 1.65. The van der Waals surface area contributed by atoms with Crippen molar-refractivity contribution < 1.29 is 0 Å². The highest BCUT2D eigenvalue weighted by molar-refractivity contribution is 5.80. The zero-order chi connectivity index (χ0) is 17.6. The van der Waals surface area contributed by atoms with Crippen LogP contribution in [0.4, 0.5) is 0 Å². The summed E-state index contributed by atoms with van der Waals surface area (Å²) in [6.07, 6.45) is 6.99. The van der Waals surface area contributed by atoms with Gasteiger partial charge in [-0.15, -0.1) is 0 Å². The van der Waals surface area contributed by atoms with Gasteiger partial charge in [0.2, 0.25) is 0 Å². The number of nitrogens with one attached hydrogen (secondary N) is 2. The summed E-state index contributed by atoms with van der Waals surface area (Å²) in [7, 11) is 0. The Bertz CT molecular complexity index is 710. The minimum Gasteiger partial charge on any atom is -0.357 e. The summed E-state index contributed by atoms with van der Waals surface area (Å²) in [6, 6.07) is 6.68. The van der Waals surface area contributed by atoms with Crippen molar-refractivity contribution in [2.24, 2.45) is 4.99 Å². The van der Waals surface area contributed by atoms with Gasteiger partial charge in [-0.2, -0.15) is 5.10 Å². The molecule has 0 spiro atoms. The molecule has 0 radical (unpaired) electrons. The summed E-state index contributed by atoms with van der Waals surface area (Å²) in [5.74, 6) is 1.74. The Hall–Kier alpha value is -2.37. The lowest BCUT2D eigenvalue weighted by Crippen LogP contribution is -2.42. The van der Waals surface area contributed by atoms with Crippen LogP contribution in [-0.2, 0) is 6.54 Å².